The van der Waals surface area contributed by atoms with Crippen molar-refractivity contribution in [3.8, 4) is 5.75 Å². The molecular weight excluding hydrogens is 390 g/mol. The number of aromatic nitrogens is 1. The van der Waals surface area contributed by atoms with E-state index < -0.39 is 6.10 Å². The smallest absolute Gasteiger partial charge is 0.264 e. The maximum absolute atomic E-state index is 13.3. The molecular formula is C22H26ClN3O3. The molecule has 29 heavy (non-hydrogen) atoms. The summed E-state index contributed by atoms with van der Waals surface area (Å²) in [5, 5.41) is 0.666. The first-order chi connectivity index (χ1) is 14.2. The van der Waals surface area contributed by atoms with E-state index in [1.165, 1.54) is 0 Å². The first-order valence-electron chi connectivity index (χ1n) is 10.1. The summed E-state index contributed by atoms with van der Waals surface area (Å²) in [4.78, 5) is 21.7. The molecule has 0 aliphatic carbocycles. The number of ether oxygens (including phenoxy) is 2. The number of fused-ring (bicyclic) bond motifs is 1. The lowest BCUT2D eigenvalue weighted by atomic mass is 10.1. The summed E-state index contributed by atoms with van der Waals surface area (Å²) < 4.78 is 11.4. The van der Waals surface area contributed by atoms with Crippen LogP contribution in [0.15, 0.2) is 42.7 Å². The van der Waals surface area contributed by atoms with Crippen LogP contribution < -0.4 is 4.74 Å². The van der Waals surface area contributed by atoms with Crippen LogP contribution in [-0.4, -0.2) is 66.2 Å². The first kappa shape index (κ1) is 20.1. The SMILES string of the molecule is O=C(C1Cc2cc(Cl)ccc2O1)N(CCCN1CCOCC1)Cc1ccncc1. The summed E-state index contributed by atoms with van der Waals surface area (Å²) in [5.41, 5.74) is 2.06. The average Bonchev–Trinajstić information content (AvgIpc) is 3.17. The molecule has 0 spiro atoms. The predicted molar refractivity (Wildman–Crippen MR) is 111 cm³/mol. The number of rotatable bonds is 7. The van der Waals surface area contributed by atoms with Crippen LogP contribution in [0.1, 0.15) is 17.5 Å². The van der Waals surface area contributed by atoms with Gasteiger partial charge in [0, 0.05) is 56.6 Å². The van der Waals surface area contributed by atoms with Crippen LogP contribution >= 0.6 is 11.6 Å². The molecule has 1 saturated heterocycles. The zero-order valence-corrected chi connectivity index (χ0v) is 17.2. The molecule has 2 aromatic rings. The van der Waals surface area contributed by atoms with Crippen LogP contribution in [0.3, 0.4) is 0 Å². The van der Waals surface area contributed by atoms with Crippen molar-refractivity contribution in [2.45, 2.75) is 25.5 Å². The minimum atomic E-state index is -0.492. The fourth-order valence-corrected chi connectivity index (χ4v) is 4.04. The van der Waals surface area contributed by atoms with E-state index in [4.69, 9.17) is 21.1 Å². The van der Waals surface area contributed by atoms with E-state index in [2.05, 4.69) is 9.88 Å². The molecule has 1 aromatic heterocycles. The van der Waals surface area contributed by atoms with Gasteiger partial charge in [-0.1, -0.05) is 11.6 Å². The van der Waals surface area contributed by atoms with E-state index in [0.29, 0.717) is 24.5 Å². The molecule has 0 radical (unpaired) electrons. The Balaban J connectivity index is 1.40. The van der Waals surface area contributed by atoms with Crippen molar-refractivity contribution < 1.29 is 14.3 Å². The molecule has 1 amide bonds. The fourth-order valence-electron chi connectivity index (χ4n) is 3.84. The molecule has 0 bridgehead atoms. The molecule has 4 rings (SSSR count). The Morgan fingerprint density at radius 3 is 2.79 bits per heavy atom. The predicted octanol–water partition coefficient (Wildman–Crippen LogP) is 2.79. The number of hydrogen-bond donors (Lipinski definition) is 0. The van der Waals surface area contributed by atoms with Crippen LogP contribution in [0, 0.1) is 0 Å². The lowest BCUT2D eigenvalue weighted by Gasteiger charge is -2.29. The van der Waals surface area contributed by atoms with E-state index >= 15 is 0 Å². The largest absolute Gasteiger partial charge is 0.480 e. The van der Waals surface area contributed by atoms with E-state index in [0.717, 1.165) is 56.1 Å². The van der Waals surface area contributed by atoms with Crippen LogP contribution in [0.4, 0.5) is 0 Å². The molecule has 1 atom stereocenters. The Bertz CT molecular complexity index is 827. The number of carbonyl (C=O) groups is 1. The minimum absolute atomic E-state index is 0.0242. The summed E-state index contributed by atoms with van der Waals surface area (Å²) in [7, 11) is 0. The molecule has 6 nitrogen and oxygen atoms in total. The zero-order chi connectivity index (χ0) is 20.1. The quantitative estimate of drug-likeness (QED) is 0.696. The fraction of sp³-hybridized carbons (Fsp3) is 0.455. The van der Waals surface area contributed by atoms with Gasteiger partial charge in [0.25, 0.3) is 5.91 Å². The van der Waals surface area contributed by atoms with Crippen molar-refractivity contribution in [3.63, 3.8) is 0 Å². The molecule has 7 heteroatoms. The van der Waals surface area contributed by atoms with Gasteiger partial charge in [-0.3, -0.25) is 14.7 Å². The molecule has 1 fully saturated rings. The third kappa shape index (κ3) is 5.26. The van der Waals surface area contributed by atoms with Crippen molar-refractivity contribution >= 4 is 17.5 Å². The molecule has 3 heterocycles. The highest BCUT2D eigenvalue weighted by Crippen LogP contribution is 2.32. The second-order valence-electron chi connectivity index (χ2n) is 7.49. The second-order valence-corrected chi connectivity index (χ2v) is 7.92. The highest BCUT2D eigenvalue weighted by molar-refractivity contribution is 6.30. The zero-order valence-electron chi connectivity index (χ0n) is 16.4. The Kier molecular flexibility index (Phi) is 6.64. The molecule has 2 aliphatic heterocycles. The van der Waals surface area contributed by atoms with Gasteiger partial charge in [0.05, 0.1) is 13.2 Å². The Morgan fingerprint density at radius 1 is 1.21 bits per heavy atom. The van der Waals surface area contributed by atoms with Crippen molar-refractivity contribution in [2.75, 3.05) is 39.4 Å². The number of halogens is 1. The molecule has 1 aromatic carbocycles. The third-order valence-corrected chi connectivity index (χ3v) is 5.65. The summed E-state index contributed by atoms with van der Waals surface area (Å²) in [6.45, 7) is 5.70. The molecule has 0 saturated carbocycles. The standard InChI is InChI=1S/C22H26ClN3O3/c23-19-2-3-20-18(14-19)15-21(29-20)22(27)26(16-17-4-6-24-7-5-17)9-1-8-25-10-12-28-13-11-25/h2-7,14,21H,1,8-13,15-16H2. The summed E-state index contributed by atoms with van der Waals surface area (Å²) in [5.74, 6) is 0.779. The van der Waals surface area contributed by atoms with Crippen LogP contribution in [0.5, 0.6) is 5.75 Å². The van der Waals surface area contributed by atoms with Gasteiger partial charge in [-0.2, -0.15) is 0 Å². The van der Waals surface area contributed by atoms with Gasteiger partial charge in [0.2, 0.25) is 0 Å². The average molecular weight is 416 g/mol. The maximum Gasteiger partial charge on any atom is 0.264 e. The van der Waals surface area contributed by atoms with Gasteiger partial charge in [-0.25, -0.2) is 0 Å². The highest BCUT2D eigenvalue weighted by atomic mass is 35.5. The van der Waals surface area contributed by atoms with Crippen LogP contribution in [0.25, 0.3) is 0 Å². The van der Waals surface area contributed by atoms with Gasteiger partial charge in [-0.05, 0) is 47.9 Å². The molecule has 154 valence electrons. The third-order valence-electron chi connectivity index (χ3n) is 5.41. The van der Waals surface area contributed by atoms with Crippen molar-refractivity contribution in [3.05, 3.63) is 58.9 Å². The van der Waals surface area contributed by atoms with Gasteiger partial charge in [-0.15, -0.1) is 0 Å². The second kappa shape index (κ2) is 9.57. The highest BCUT2D eigenvalue weighted by Gasteiger charge is 2.32. The van der Waals surface area contributed by atoms with Gasteiger partial charge < -0.3 is 14.4 Å². The summed E-state index contributed by atoms with van der Waals surface area (Å²) in [6, 6.07) is 9.43. The molecule has 0 N–H and O–H groups in total. The Morgan fingerprint density at radius 2 is 2.00 bits per heavy atom. The van der Waals surface area contributed by atoms with E-state index in [1.54, 1.807) is 18.5 Å². The number of morpholine rings is 1. The Labute approximate surface area is 176 Å². The Hall–Kier alpha value is -2.15. The number of benzene rings is 1. The van der Waals surface area contributed by atoms with Crippen LogP contribution in [-0.2, 0) is 22.5 Å². The monoisotopic (exact) mass is 415 g/mol. The maximum atomic E-state index is 13.3. The lowest BCUT2D eigenvalue weighted by Crippen LogP contribution is -2.43. The molecule has 1 unspecified atom stereocenters. The van der Waals surface area contributed by atoms with Gasteiger partial charge in [0.1, 0.15) is 5.75 Å². The number of pyridine rings is 1. The number of carbonyl (C=O) groups excluding carboxylic acids is 1. The first-order valence-corrected chi connectivity index (χ1v) is 10.5. The minimum Gasteiger partial charge on any atom is -0.480 e. The van der Waals surface area contributed by atoms with E-state index in [1.807, 2.05) is 29.2 Å². The van der Waals surface area contributed by atoms with E-state index in [9.17, 15) is 4.79 Å². The van der Waals surface area contributed by atoms with Gasteiger partial charge in [0.15, 0.2) is 6.10 Å². The molecule has 2 aliphatic rings. The lowest BCUT2D eigenvalue weighted by molar-refractivity contribution is -0.138. The van der Waals surface area contributed by atoms with E-state index in [-0.39, 0.29) is 5.91 Å². The summed E-state index contributed by atoms with van der Waals surface area (Å²) in [6.07, 6.45) is 4.51. The normalized spacial score (nSPS) is 18.9. The van der Waals surface area contributed by atoms with Crippen molar-refractivity contribution in [1.29, 1.82) is 0 Å². The van der Waals surface area contributed by atoms with Crippen molar-refractivity contribution in [2.24, 2.45) is 0 Å². The topological polar surface area (TPSA) is 54.9 Å². The number of hydrogen-bond acceptors (Lipinski definition) is 5. The van der Waals surface area contributed by atoms with Crippen LogP contribution in [0.2, 0.25) is 5.02 Å². The van der Waals surface area contributed by atoms with Crippen molar-refractivity contribution in [1.82, 2.24) is 14.8 Å². The number of amides is 1. The van der Waals surface area contributed by atoms with Gasteiger partial charge >= 0.3 is 0 Å². The summed E-state index contributed by atoms with van der Waals surface area (Å²) >= 11 is 6.09. The number of nitrogens with zero attached hydrogens (tertiary/aromatic N) is 3.